The number of likely N-dealkylation sites (tertiary alicyclic amines) is 1. The summed E-state index contributed by atoms with van der Waals surface area (Å²) < 4.78 is 0. The third kappa shape index (κ3) is 3.13. The van der Waals surface area contributed by atoms with Crippen LogP contribution in [0.4, 0.5) is 0 Å². The maximum Gasteiger partial charge on any atom is 0.254 e. The molecule has 1 aromatic carbocycles. The van der Waals surface area contributed by atoms with Crippen LogP contribution in [0.2, 0.25) is 0 Å². The molecule has 4 heteroatoms. The van der Waals surface area contributed by atoms with Gasteiger partial charge in [-0.15, -0.1) is 0 Å². The van der Waals surface area contributed by atoms with Crippen LogP contribution in [-0.2, 0) is 0 Å². The molecule has 1 amide bonds. The molecule has 0 bridgehead atoms. The van der Waals surface area contributed by atoms with Gasteiger partial charge in [0.1, 0.15) is 4.99 Å². The normalized spacial score (nSPS) is 19.2. The van der Waals surface area contributed by atoms with Crippen molar-refractivity contribution in [3.63, 3.8) is 0 Å². The van der Waals surface area contributed by atoms with E-state index in [2.05, 4.69) is 6.92 Å². The van der Waals surface area contributed by atoms with Gasteiger partial charge in [-0.1, -0.05) is 31.3 Å². The van der Waals surface area contributed by atoms with Crippen LogP contribution in [0.15, 0.2) is 24.3 Å². The summed E-state index contributed by atoms with van der Waals surface area (Å²) >= 11 is 4.92. The third-order valence-electron chi connectivity index (χ3n) is 3.78. The van der Waals surface area contributed by atoms with Crippen LogP contribution in [0, 0.1) is 0 Å². The highest BCUT2D eigenvalue weighted by atomic mass is 32.1. The Labute approximate surface area is 119 Å². The smallest absolute Gasteiger partial charge is 0.254 e. The van der Waals surface area contributed by atoms with Crippen LogP contribution in [0.25, 0.3) is 0 Å². The topological polar surface area (TPSA) is 46.3 Å². The number of carbonyl (C=O) groups is 1. The summed E-state index contributed by atoms with van der Waals surface area (Å²) in [7, 11) is 0. The number of hydrogen-bond acceptors (Lipinski definition) is 2. The number of nitrogens with two attached hydrogens (primary N) is 1. The van der Waals surface area contributed by atoms with Gasteiger partial charge in [0.25, 0.3) is 5.91 Å². The van der Waals surface area contributed by atoms with E-state index in [4.69, 9.17) is 18.0 Å². The van der Waals surface area contributed by atoms with E-state index in [1.54, 1.807) is 0 Å². The monoisotopic (exact) mass is 276 g/mol. The van der Waals surface area contributed by atoms with Gasteiger partial charge in [0.2, 0.25) is 0 Å². The lowest BCUT2D eigenvalue weighted by molar-refractivity contribution is 0.0608. The minimum absolute atomic E-state index is 0.126. The molecule has 19 heavy (non-hydrogen) atoms. The molecule has 1 saturated heterocycles. The number of piperidine rings is 1. The Morgan fingerprint density at radius 2 is 1.95 bits per heavy atom. The Balaban J connectivity index is 2.16. The number of carbonyl (C=O) groups excluding carboxylic acids is 1. The van der Waals surface area contributed by atoms with Crippen molar-refractivity contribution in [2.45, 2.75) is 38.6 Å². The first-order valence-electron chi connectivity index (χ1n) is 6.84. The molecule has 0 spiro atoms. The van der Waals surface area contributed by atoms with E-state index in [0.717, 1.165) is 36.9 Å². The standard InChI is InChI=1S/C15H20N2OS/c1-2-13-5-3-4-10-17(13)15(18)12-8-6-11(7-9-12)14(16)19/h6-9,13H,2-5,10H2,1H3,(H2,16,19). The second-order valence-electron chi connectivity index (χ2n) is 5.00. The van der Waals surface area contributed by atoms with Crippen molar-refractivity contribution < 1.29 is 4.79 Å². The van der Waals surface area contributed by atoms with Crippen molar-refractivity contribution in [1.82, 2.24) is 4.90 Å². The van der Waals surface area contributed by atoms with Crippen LogP contribution in [0.1, 0.15) is 48.5 Å². The number of benzene rings is 1. The maximum atomic E-state index is 12.5. The molecule has 0 aromatic heterocycles. The van der Waals surface area contributed by atoms with Crippen molar-refractivity contribution in [1.29, 1.82) is 0 Å². The van der Waals surface area contributed by atoms with Crippen LogP contribution in [0.3, 0.4) is 0 Å². The minimum atomic E-state index is 0.126. The third-order valence-corrected chi connectivity index (χ3v) is 4.01. The summed E-state index contributed by atoms with van der Waals surface area (Å²) in [5.74, 6) is 0.126. The van der Waals surface area contributed by atoms with E-state index < -0.39 is 0 Å². The first-order chi connectivity index (χ1) is 9.13. The summed E-state index contributed by atoms with van der Waals surface area (Å²) in [6, 6.07) is 7.66. The Morgan fingerprint density at radius 1 is 1.32 bits per heavy atom. The van der Waals surface area contributed by atoms with E-state index in [1.807, 2.05) is 29.2 Å². The number of thiocarbonyl (C=S) groups is 1. The minimum Gasteiger partial charge on any atom is -0.389 e. The van der Waals surface area contributed by atoms with Gasteiger partial charge in [0, 0.05) is 23.7 Å². The molecule has 1 aromatic rings. The molecule has 1 aliphatic heterocycles. The van der Waals surface area contributed by atoms with Crippen LogP contribution in [-0.4, -0.2) is 28.4 Å². The molecule has 2 rings (SSSR count). The Kier molecular flexibility index (Phi) is 4.53. The van der Waals surface area contributed by atoms with Gasteiger partial charge in [-0.25, -0.2) is 0 Å². The van der Waals surface area contributed by atoms with E-state index in [0.29, 0.717) is 11.0 Å². The molecule has 1 aliphatic rings. The Bertz CT molecular complexity index is 470. The van der Waals surface area contributed by atoms with Gasteiger partial charge in [0.05, 0.1) is 0 Å². The molecule has 0 saturated carbocycles. The van der Waals surface area contributed by atoms with Gasteiger partial charge in [-0.3, -0.25) is 4.79 Å². The zero-order valence-corrected chi connectivity index (χ0v) is 12.1. The molecule has 0 radical (unpaired) electrons. The summed E-state index contributed by atoms with van der Waals surface area (Å²) in [6.07, 6.45) is 4.47. The molecular formula is C15H20N2OS. The summed E-state index contributed by atoms with van der Waals surface area (Å²) in [4.78, 5) is 14.9. The zero-order chi connectivity index (χ0) is 13.8. The molecule has 0 aliphatic carbocycles. The van der Waals surface area contributed by atoms with E-state index >= 15 is 0 Å². The lowest BCUT2D eigenvalue weighted by Gasteiger charge is -2.35. The highest BCUT2D eigenvalue weighted by Crippen LogP contribution is 2.21. The molecule has 1 heterocycles. The first-order valence-corrected chi connectivity index (χ1v) is 7.25. The molecule has 3 nitrogen and oxygen atoms in total. The van der Waals surface area contributed by atoms with Crippen molar-refractivity contribution >= 4 is 23.1 Å². The number of rotatable bonds is 3. The van der Waals surface area contributed by atoms with Gasteiger partial charge < -0.3 is 10.6 Å². The SMILES string of the molecule is CCC1CCCCN1C(=O)c1ccc(C(N)=S)cc1. The van der Waals surface area contributed by atoms with Crippen molar-refractivity contribution in [2.24, 2.45) is 5.73 Å². The largest absolute Gasteiger partial charge is 0.389 e. The zero-order valence-electron chi connectivity index (χ0n) is 11.3. The number of nitrogens with zero attached hydrogens (tertiary/aromatic N) is 1. The Morgan fingerprint density at radius 3 is 2.53 bits per heavy atom. The van der Waals surface area contributed by atoms with Crippen LogP contribution >= 0.6 is 12.2 Å². The van der Waals surface area contributed by atoms with Gasteiger partial charge in [-0.05, 0) is 37.8 Å². The summed E-state index contributed by atoms with van der Waals surface area (Å²) in [6.45, 7) is 3.01. The van der Waals surface area contributed by atoms with Crippen molar-refractivity contribution in [2.75, 3.05) is 6.54 Å². The predicted octanol–water partition coefficient (Wildman–Crippen LogP) is 2.73. The Hall–Kier alpha value is -1.42. The van der Waals surface area contributed by atoms with E-state index in [-0.39, 0.29) is 5.91 Å². The highest BCUT2D eigenvalue weighted by Gasteiger charge is 2.25. The first kappa shape index (κ1) is 14.0. The molecule has 1 unspecified atom stereocenters. The highest BCUT2D eigenvalue weighted by molar-refractivity contribution is 7.80. The fourth-order valence-corrected chi connectivity index (χ4v) is 2.77. The quantitative estimate of drug-likeness (QED) is 0.863. The van der Waals surface area contributed by atoms with Gasteiger partial charge >= 0.3 is 0 Å². The predicted molar refractivity (Wildman–Crippen MR) is 81.3 cm³/mol. The lowest BCUT2D eigenvalue weighted by atomic mass is 9.98. The average Bonchev–Trinajstić information content (AvgIpc) is 2.46. The van der Waals surface area contributed by atoms with Crippen molar-refractivity contribution in [3.8, 4) is 0 Å². The van der Waals surface area contributed by atoms with Crippen LogP contribution < -0.4 is 5.73 Å². The van der Waals surface area contributed by atoms with Gasteiger partial charge in [0.15, 0.2) is 0 Å². The fraction of sp³-hybridized carbons (Fsp3) is 0.467. The second-order valence-corrected chi connectivity index (χ2v) is 5.44. The molecule has 102 valence electrons. The second kappa shape index (κ2) is 6.15. The summed E-state index contributed by atoms with van der Waals surface area (Å²) in [5, 5.41) is 0. The van der Waals surface area contributed by atoms with Gasteiger partial charge in [-0.2, -0.15) is 0 Å². The van der Waals surface area contributed by atoms with Crippen LogP contribution in [0.5, 0.6) is 0 Å². The fourth-order valence-electron chi connectivity index (χ4n) is 2.64. The maximum absolute atomic E-state index is 12.5. The molecule has 2 N–H and O–H groups in total. The summed E-state index contributed by atoms with van der Waals surface area (Å²) in [5.41, 5.74) is 7.09. The van der Waals surface area contributed by atoms with E-state index in [1.165, 1.54) is 6.42 Å². The average molecular weight is 276 g/mol. The molecular weight excluding hydrogens is 256 g/mol. The number of hydrogen-bond donors (Lipinski definition) is 1. The molecule has 1 fully saturated rings. The number of amides is 1. The van der Waals surface area contributed by atoms with Crippen molar-refractivity contribution in [3.05, 3.63) is 35.4 Å². The van der Waals surface area contributed by atoms with E-state index in [9.17, 15) is 4.79 Å². The lowest BCUT2D eigenvalue weighted by Crippen LogP contribution is -2.43. The molecule has 1 atom stereocenters.